The molecule has 0 unspecified atom stereocenters. The maximum atomic E-state index is 15.5. The maximum absolute atomic E-state index is 15.5. The number of halogens is 6. The van der Waals surface area contributed by atoms with E-state index in [4.69, 9.17) is 22.9 Å². The van der Waals surface area contributed by atoms with Crippen molar-refractivity contribution in [2.45, 2.75) is 17.8 Å². The molecule has 2 aromatic rings. The molecule has 0 saturated heterocycles. The minimum atomic E-state index is -6.19. The van der Waals surface area contributed by atoms with E-state index in [1.165, 1.54) is 0 Å². The van der Waals surface area contributed by atoms with Crippen LogP contribution in [0.25, 0.3) is 0 Å². The molecular formula is C15H14F6N4. The third kappa shape index (κ3) is 2.77. The lowest BCUT2D eigenvalue weighted by Crippen LogP contribution is -2.53. The van der Waals surface area contributed by atoms with Crippen LogP contribution in [0.2, 0.25) is 0 Å². The molecule has 0 saturated carbocycles. The zero-order valence-corrected chi connectivity index (χ0v) is 12.5. The van der Waals surface area contributed by atoms with Crippen molar-refractivity contribution in [3.8, 4) is 0 Å². The molecule has 2 rings (SSSR count). The van der Waals surface area contributed by atoms with Gasteiger partial charge in [-0.05, 0) is 24.3 Å². The largest absolute Gasteiger partial charge is 0.457 e. The highest BCUT2D eigenvalue weighted by atomic mass is 19.4. The Labute approximate surface area is 138 Å². The van der Waals surface area contributed by atoms with Gasteiger partial charge in [0.05, 0.1) is 22.7 Å². The van der Waals surface area contributed by atoms with Gasteiger partial charge in [0.25, 0.3) is 0 Å². The van der Waals surface area contributed by atoms with E-state index in [2.05, 4.69) is 0 Å². The predicted molar refractivity (Wildman–Crippen MR) is 83.4 cm³/mol. The van der Waals surface area contributed by atoms with E-state index < -0.39 is 28.9 Å². The van der Waals surface area contributed by atoms with Gasteiger partial charge in [0.1, 0.15) is 0 Å². The number of hydrogen-bond acceptors (Lipinski definition) is 4. The van der Waals surface area contributed by atoms with Gasteiger partial charge in [-0.15, -0.1) is 0 Å². The SMILES string of the molecule is Nc1ccc(C(F)(c2ccc(N)c(N)c2)C(F)(F)C(F)(F)F)cc1N. The van der Waals surface area contributed by atoms with Crippen LogP contribution in [0, 0.1) is 0 Å². The number of rotatable bonds is 3. The normalized spacial score (nSPS) is 13.0. The second-order valence-corrected chi connectivity index (χ2v) is 5.42. The van der Waals surface area contributed by atoms with Gasteiger partial charge in [0.2, 0.25) is 5.67 Å². The molecule has 0 radical (unpaired) electrons. The van der Waals surface area contributed by atoms with E-state index in [1.54, 1.807) is 0 Å². The fraction of sp³-hybridized carbons (Fsp3) is 0.200. The van der Waals surface area contributed by atoms with Crippen molar-refractivity contribution in [3.05, 3.63) is 47.5 Å². The third-order valence-corrected chi connectivity index (χ3v) is 3.76. The van der Waals surface area contributed by atoms with Gasteiger partial charge in [-0.25, -0.2) is 4.39 Å². The summed E-state index contributed by atoms with van der Waals surface area (Å²) >= 11 is 0. The maximum Gasteiger partial charge on any atom is 0.457 e. The summed E-state index contributed by atoms with van der Waals surface area (Å²) in [7, 11) is 0. The summed E-state index contributed by atoms with van der Waals surface area (Å²) in [6, 6.07) is 4.54. The van der Waals surface area contributed by atoms with Crippen LogP contribution in [-0.4, -0.2) is 12.1 Å². The van der Waals surface area contributed by atoms with Crippen molar-refractivity contribution < 1.29 is 26.3 Å². The summed E-state index contributed by atoms with van der Waals surface area (Å²) < 4.78 is 82.7. The van der Waals surface area contributed by atoms with Crippen LogP contribution in [0.1, 0.15) is 11.1 Å². The number of benzene rings is 2. The first-order chi connectivity index (χ1) is 11.3. The Kier molecular flexibility index (Phi) is 4.19. The monoisotopic (exact) mass is 364 g/mol. The average molecular weight is 364 g/mol. The van der Waals surface area contributed by atoms with Crippen molar-refractivity contribution in [3.63, 3.8) is 0 Å². The molecule has 8 N–H and O–H groups in total. The second kappa shape index (κ2) is 5.64. The van der Waals surface area contributed by atoms with Crippen molar-refractivity contribution in [2.75, 3.05) is 22.9 Å². The molecule has 0 aliphatic carbocycles. The molecule has 2 aromatic carbocycles. The van der Waals surface area contributed by atoms with Crippen molar-refractivity contribution >= 4 is 22.7 Å². The smallest absolute Gasteiger partial charge is 0.397 e. The third-order valence-electron chi connectivity index (χ3n) is 3.76. The highest BCUT2D eigenvalue weighted by Crippen LogP contribution is 2.55. The minimum Gasteiger partial charge on any atom is -0.397 e. The molecule has 0 aliphatic heterocycles. The van der Waals surface area contributed by atoms with Gasteiger partial charge in [0, 0.05) is 11.1 Å². The molecule has 136 valence electrons. The zero-order valence-electron chi connectivity index (χ0n) is 12.5. The van der Waals surface area contributed by atoms with E-state index in [0.717, 1.165) is 12.1 Å². The summed E-state index contributed by atoms with van der Waals surface area (Å²) in [5.74, 6) is -5.79. The molecule has 0 fully saturated rings. The molecule has 0 bridgehead atoms. The molecule has 0 amide bonds. The first-order valence-corrected chi connectivity index (χ1v) is 6.76. The minimum absolute atomic E-state index is 0.0988. The van der Waals surface area contributed by atoms with Crippen LogP contribution in [0.5, 0.6) is 0 Å². The van der Waals surface area contributed by atoms with Gasteiger partial charge in [-0.2, -0.15) is 22.0 Å². The number of anilines is 4. The molecule has 10 heteroatoms. The Balaban J connectivity index is 2.83. The quantitative estimate of drug-likeness (QED) is 0.495. The standard InChI is InChI=1S/C15H14F6N4/c16-13(14(17,18)15(19,20)21,7-1-3-9(22)11(24)5-7)8-2-4-10(23)12(25)6-8/h1-6H,22-25H2. The van der Waals surface area contributed by atoms with Crippen molar-refractivity contribution in [1.82, 2.24) is 0 Å². The van der Waals surface area contributed by atoms with Crippen LogP contribution < -0.4 is 22.9 Å². The van der Waals surface area contributed by atoms with Crippen LogP contribution in [0.4, 0.5) is 49.1 Å². The lowest BCUT2D eigenvalue weighted by Gasteiger charge is -2.35. The van der Waals surface area contributed by atoms with Crippen LogP contribution in [-0.2, 0) is 5.67 Å². The topological polar surface area (TPSA) is 104 Å². The van der Waals surface area contributed by atoms with E-state index in [0.29, 0.717) is 24.3 Å². The molecule has 0 heterocycles. The van der Waals surface area contributed by atoms with E-state index >= 15 is 4.39 Å². The molecular weight excluding hydrogens is 350 g/mol. The molecule has 0 spiro atoms. The van der Waals surface area contributed by atoms with Gasteiger partial charge >= 0.3 is 12.1 Å². The Morgan fingerprint density at radius 2 is 0.920 bits per heavy atom. The fourth-order valence-corrected chi connectivity index (χ4v) is 2.30. The second-order valence-electron chi connectivity index (χ2n) is 5.42. The predicted octanol–water partition coefficient (Wildman–Crippen LogP) is 3.43. The molecule has 0 aliphatic rings. The first-order valence-electron chi connectivity index (χ1n) is 6.76. The van der Waals surface area contributed by atoms with Crippen LogP contribution in [0.3, 0.4) is 0 Å². The first kappa shape index (κ1) is 18.6. The Morgan fingerprint density at radius 1 is 0.560 bits per heavy atom. The van der Waals surface area contributed by atoms with Crippen molar-refractivity contribution in [2.24, 2.45) is 0 Å². The number of nitrogen functional groups attached to an aromatic ring is 4. The number of nitrogens with two attached hydrogens (primary N) is 4. The highest BCUT2D eigenvalue weighted by molar-refractivity contribution is 5.68. The molecule has 4 nitrogen and oxygen atoms in total. The van der Waals surface area contributed by atoms with Crippen LogP contribution >= 0.6 is 0 Å². The Hall–Kier alpha value is -2.78. The number of alkyl halides is 6. The molecule has 0 aromatic heterocycles. The van der Waals surface area contributed by atoms with E-state index in [9.17, 15) is 22.0 Å². The van der Waals surface area contributed by atoms with E-state index in [-0.39, 0.29) is 22.7 Å². The lowest BCUT2D eigenvalue weighted by molar-refractivity contribution is -0.323. The Bertz CT molecular complexity index is 752. The summed E-state index contributed by atoms with van der Waals surface area (Å²) in [5.41, 5.74) is 14.5. The lowest BCUT2D eigenvalue weighted by atomic mass is 9.81. The Morgan fingerprint density at radius 3 is 1.20 bits per heavy atom. The highest BCUT2D eigenvalue weighted by Gasteiger charge is 2.72. The van der Waals surface area contributed by atoms with Gasteiger partial charge in [0.15, 0.2) is 0 Å². The molecule has 0 atom stereocenters. The van der Waals surface area contributed by atoms with Gasteiger partial charge in [-0.3, -0.25) is 0 Å². The fourth-order valence-electron chi connectivity index (χ4n) is 2.30. The van der Waals surface area contributed by atoms with Gasteiger partial charge in [-0.1, -0.05) is 12.1 Å². The van der Waals surface area contributed by atoms with E-state index in [1.807, 2.05) is 0 Å². The summed E-state index contributed by atoms with van der Waals surface area (Å²) in [4.78, 5) is 0. The zero-order chi connectivity index (χ0) is 19.2. The van der Waals surface area contributed by atoms with Crippen molar-refractivity contribution in [1.29, 1.82) is 0 Å². The van der Waals surface area contributed by atoms with Gasteiger partial charge < -0.3 is 22.9 Å². The summed E-state index contributed by atoms with van der Waals surface area (Å²) in [6.45, 7) is 0. The average Bonchev–Trinajstić information content (AvgIpc) is 2.50. The summed E-state index contributed by atoms with van der Waals surface area (Å²) in [5, 5.41) is 0. The van der Waals surface area contributed by atoms with Crippen LogP contribution in [0.15, 0.2) is 36.4 Å². The molecule has 25 heavy (non-hydrogen) atoms. The summed E-state index contributed by atoms with van der Waals surface area (Å²) in [6.07, 6.45) is -6.19. The number of hydrogen-bond donors (Lipinski definition) is 4.